The number of hydrogen-bond donors (Lipinski definition) is 1. The second kappa shape index (κ2) is 5.33. The predicted molar refractivity (Wildman–Crippen MR) is 66.3 cm³/mol. The third kappa shape index (κ3) is 2.75. The number of benzene rings is 1. The molecule has 0 spiro atoms. The first-order chi connectivity index (χ1) is 7.79. The minimum absolute atomic E-state index is 0.565. The molecule has 1 aliphatic heterocycles. The fourth-order valence-corrected chi connectivity index (χ4v) is 2.12. The summed E-state index contributed by atoms with van der Waals surface area (Å²) in [6, 6.07) is 7.88. The Bertz CT molecular complexity index is 408. The molecule has 0 radical (unpaired) electrons. The summed E-state index contributed by atoms with van der Waals surface area (Å²) < 4.78 is 6.24. The molecule has 1 saturated heterocycles. The van der Waals surface area contributed by atoms with Crippen molar-refractivity contribution in [2.24, 2.45) is 5.92 Å². The van der Waals surface area contributed by atoms with Gasteiger partial charge in [0.1, 0.15) is 6.07 Å². The summed E-state index contributed by atoms with van der Waals surface area (Å²) in [6.07, 6.45) is 1.10. The second-order valence-corrected chi connectivity index (χ2v) is 4.83. The van der Waals surface area contributed by atoms with Crippen LogP contribution < -0.4 is 5.32 Å². The van der Waals surface area contributed by atoms with E-state index in [4.69, 9.17) is 10.00 Å². The zero-order valence-corrected chi connectivity index (χ0v) is 10.5. The smallest absolute Gasteiger partial charge is 0.101 e. The van der Waals surface area contributed by atoms with Gasteiger partial charge in [-0.1, -0.05) is 15.9 Å². The third-order valence-corrected chi connectivity index (χ3v) is 3.20. The maximum atomic E-state index is 9.00. The summed E-state index contributed by atoms with van der Waals surface area (Å²) >= 11 is 3.36. The lowest BCUT2D eigenvalue weighted by molar-refractivity contribution is 0.187. The highest BCUT2D eigenvalue weighted by Gasteiger charge is 2.15. The summed E-state index contributed by atoms with van der Waals surface area (Å²) in [5, 5.41) is 12.3. The molecule has 1 N–H and O–H groups in total. The molecule has 16 heavy (non-hydrogen) atoms. The van der Waals surface area contributed by atoms with Crippen LogP contribution in [0.2, 0.25) is 0 Å². The molecule has 1 aliphatic rings. The maximum absolute atomic E-state index is 9.00. The Labute approximate surface area is 104 Å². The second-order valence-electron chi connectivity index (χ2n) is 3.91. The van der Waals surface area contributed by atoms with Gasteiger partial charge in [0.2, 0.25) is 0 Å². The Kier molecular flexibility index (Phi) is 3.81. The fraction of sp³-hybridized carbons (Fsp3) is 0.417. The lowest BCUT2D eigenvalue weighted by Gasteiger charge is -2.11. The van der Waals surface area contributed by atoms with Gasteiger partial charge in [0.25, 0.3) is 0 Å². The minimum Gasteiger partial charge on any atom is -0.384 e. The molecule has 0 aliphatic carbocycles. The van der Waals surface area contributed by atoms with Crippen molar-refractivity contribution in [1.82, 2.24) is 0 Å². The lowest BCUT2D eigenvalue weighted by atomic mass is 10.1. The van der Waals surface area contributed by atoms with Crippen LogP contribution in [-0.4, -0.2) is 19.8 Å². The summed E-state index contributed by atoms with van der Waals surface area (Å²) in [7, 11) is 0. The van der Waals surface area contributed by atoms with Gasteiger partial charge in [-0.2, -0.15) is 5.26 Å². The van der Waals surface area contributed by atoms with Crippen LogP contribution in [0, 0.1) is 17.2 Å². The third-order valence-electron chi connectivity index (χ3n) is 2.71. The molecule has 1 fully saturated rings. The normalized spacial score (nSPS) is 19.4. The van der Waals surface area contributed by atoms with Gasteiger partial charge in [-0.05, 0) is 24.6 Å². The van der Waals surface area contributed by atoms with Gasteiger partial charge in [-0.3, -0.25) is 0 Å². The van der Waals surface area contributed by atoms with Crippen molar-refractivity contribution >= 4 is 21.6 Å². The van der Waals surface area contributed by atoms with E-state index in [0.717, 1.165) is 36.3 Å². The van der Waals surface area contributed by atoms with E-state index in [1.54, 1.807) is 0 Å². The van der Waals surface area contributed by atoms with E-state index >= 15 is 0 Å². The zero-order valence-electron chi connectivity index (χ0n) is 8.87. The molecule has 4 heteroatoms. The average Bonchev–Trinajstić information content (AvgIpc) is 2.80. The Morgan fingerprint density at radius 3 is 3.12 bits per heavy atom. The first-order valence-electron chi connectivity index (χ1n) is 5.31. The van der Waals surface area contributed by atoms with Crippen molar-refractivity contribution in [3.63, 3.8) is 0 Å². The number of nitrogens with one attached hydrogen (secondary N) is 1. The summed E-state index contributed by atoms with van der Waals surface area (Å²) in [5.41, 5.74) is 1.57. The molecule has 0 aromatic heterocycles. The van der Waals surface area contributed by atoms with Gasteiger partial charge in [-0.25, -0.2) is 0 Å². The van der Waals surface area contributed by atoms with Gasteiger partial charge in [0, 0.05) is 23.5 Å². The van der Waals surface area contributed by atoms with E-state index < -0.39 is 0 Å². The standard InChI is InChI=1S/C12H13BrN2O/c13-11-1-2-12(10(5-11)6-14)15-7-9-3-4-16-8-9/h1-2,5,9,15H,3-4,7-8H2. The van der Waals surface area contributed by atoms with E-state index in [1.165, 1.54) is 0 Å². The van der Waals surface area contributed by atoms with Crippen LogP contribution in [0.3, 0.4) is 0 Å². The quantitative estimate of drug-likeness (QED) is 0.926. The Balaban J connectivity index is 2.00. The minimum atomic E-state index is 0.565. The van der Waals surface area contributed by atoms with Crippen LogP contribution in [0.25, 0.3) is 0 Å². The van der Waals surface area contributed by atoms with Crippen molar-refractivity contribution in [1.29, 1.82) is 5.26 Å². The average molecular weight is 281 g/mol. The number of rotatable bonds is 3. The van der Waals surface area contributed by atoms with Crippen LogP contribution in [0.15, 0.2) is 22.7 Å². The highest BCUT2D eigenvalue weighted by Crippen LogP contribution is 2.21. The molecule has 3 nitrogen and oxygen atoms in total. The first kappa shape index (κ1) is 11.4. The van der Waals surface area contributed by atoms with Crippen LogP contribution in [0.1, 0.15) is 12.0 Å². The Morgan fingerprint density at radius 2 is 2.44 bits per heavy atom. The Hall–Kier alpha value is -1.05. The maximum Gasteiger partial charge on any atom is 0.101 e. The SMILES string of the molecule is N#Cc1cc(Br)ccc1NCC1CCOC1. The van der Waals surface area contributed by atoms with Crippen molar-refractivity contribution in [3.05, 3.63) is 28.2 Å². The number of halogens is 1. The molecule has 1 aromatic rings. The van der Waals surface area contributed by atoms with Crippen LogP contribution in [0.4, 0.5) is 5.69 Å². The molecule has 0 saturated carbocycles. The highest BCUT2D eigenvalue weighted by atomic mass is 79.9. The molecule has 84 valence electrons. The molecular weight excluding hydrogens is 268 g/mol. The zero-order chi connectivity index (χ0) is 11.4. The molecule has 1 aromatic carbocycles. The van der Waals surface area contributed by atoms with Gasteiger partial charge in [0.05, 0.1) is 17.9 Å². The van der Waals surface area contributed by atoms with Crippen molar-refractivity contribution < 1.29 is 4.74 Å². The number of ether oxygens (including phenoxy) is 1. The van der Waals surface area contributed by atoms with Crippen LogP contribution in [-0.2, 0) is 4.74 Å². The van der Waals surface area contributed by atoms with Crippen LogP contribution in [0.5, 0.6) is 0 Å². The van der Waals surface area contributed by atoms with Gasteiger partial charge >= 0.3 is 0 Å². The van der Waals surface area contributed by atoms with E-state index in [1.807, 2.05) is 18.2 Å². The van der Waals surface area contributed by atoms with Crippen molar-refractivity contribution in [2.75, 3.05) is 25.1 Å². The number of hydrogen-bond acceptors (Lipinski definition) is 3. The van der Waals surface area contributed by atoms with Gasteiger partial charge in [-0.15, -0.1) is 0 Å². The number of nitriles is 1. The predicted octanol–water partition coefficient (Wildman–Crippen LogP) is 2.77. The molecule has 2 rings (SSSR count). The topological polar surface area (TPSA) is 45.0 Å². The first-order valence-corrected chi connectivity index (χ1v) is 6.10. The van der Waals surface area contributed by atoms with Gasteiger partial charge < -0.3 is 10.1 Å². The molecule has 1 unspecified atom stereocenters. The molecule has 1 heterocycles. The van der Waals surface area contributed by atoms with E-state index in [9.17, 15) is 0 Å². The van der Waals surface area contributed by atoms with E-state index in [2.05, 4.69) is 27.3 Å². The van der Waals surface area contributed by atoms with E-state index in [0.29, 0.717) is 11.5 Å². The van der Waals surface area contributed by atoms with E-state index in [-0.39, 0.29) is 0 Å². The molecular formula is C12H13BrN2O. The molecule has 0 amide bonds. The molecule has 0 bridgehead atoms. The molecule has 1 atom stereocenters. The van der Waals surface area contributed by atoms with Crippen LogP contribution >= 0.6 is 15.9 Å². The highest BCUT2D eigenvalue weighted by molar-refractivity contribution is 9.10. The summed E-state index contributed by atoms with van der Waals surface area (Å²) in [4.78, 5) is 0. The lowest BCUT2D eigenvalue weighted by Crippen LogP contribution is -2.14. The number of nitrogens with zero attached hydrogens (tertiary/aromatic N) is 1. The fourth-order valence-electron chi connectivity index (χ4n) is 1.76. The summed E-state index contributed by atoms with van der Waals surface area (Å²) in [6.45, 7) is 2.56. The largest absolute Gasteiger partial charge is 0.384 e. The monoisotopic (exact) mass is 280 g/mol. The number of anilines is 1. The summed E-state index contributed by atoms with van der Waals surface area (Å²) in [5.74, 6) is 0.565. The Morgan fingerprint density at radius 1 is 1.56 bits per heavy atom. The van der Waals surface area contributed by atoms with Crippen molar-refractivity contribution in [3.8, 4) is 6.07 Å². The van der Waals surface area contributed by atoms with Crippen molar-refractivity contribution in [2.45, 2.75) is 6.42 Å². The van der Waals surface area contributed by atoms with Gasteiger partial charge in [0.15, 0.2) is 0 Å².